The number of rotatable bonds is 4. The van der Waals surface area contributed by atoms with Crippen LogP contribution in [0, 0.1) is 0 Å². The first kappa shape index (κ1) is 13.3. The molecule has 108 valence electrons. The largest absolute Gasteiger partial charge is 0.394 e. The van der Waals surface area contributed by atoms with Crippen molar-refractivity contribution >= 4 is 17.3 Å². The summed E-state index contributed by atoms with van der Waals surface area (Å²) in [5, 5.41) is 23.8. The van der Waals surface area contributed by atoms with E-state index in [2.05, 4.69) is 10.6 Å². The number of hydrogen-bond donors (Lipinski definition) is 4. The molecule has 0 saturated carbocycles. The van der Waals surface area contributed by atoms with Crippen LogP contribution >= 0.6 is 0 Å². The number of anilines is 2. The first-order valence-corrected chi connectivity index (χ1v) is 6.42. The van der Waals surface area contributed by atoms with Gasteiger partial charge in [-0.15, -0.1) is 0 Å². The third kappa shape index (κ3) is 2.04. The molecule has 1 amide bonds. The van der Waals surface area contributed by atoms with Crippen molar-refractivity contribution in [2.75, 3.05) is 37.0 Å². The molecule has 2 aliphatic rings. The molecule has 0 bridgehead atoms. The van der Waals surface area contributed by atoms with E-state index in [1.165, 1.54) is 0 Å². The molecule has 2 aliphatic heterocycles. The van der Waals surface area contributed by atoms with E-state index in [9.17, 15) is 9.90 Å². The lowest BCUT2D eigenvalue weighted by Gasteiger charge is -2.20. The van der Waals surface area contributed by atoms with Gasteiger partial charge in [0.2, 0.25) is 0 Å². The summed E-state index contributed by atoms with van der Waals surface area (Å²) < 4.78 is 11.0. The molecule has 1 atom stereocenters. The molecule has 1 unspecified atom stereocenters. The Bertz CT molecular complexity index is 527. The van der Waals surface area contributed by atoms with E-state index in [-0.39, 0.29) is 19.1 Å². The molecule has 1 aromatic carbocycles. The van der Waals surface area contributed by atoms with Gasteiger partial charge in [-0.05, 0) is 18.2 Å². The van der Waals surface area contributed by atoms with Crippen LogP contribution in [-0.2, 0) is 20.1 Å². The van der Waals surface area contributed by atoms with Gasteiger partial charge in [0.15, 0.2) is 0 Å². The van der Waals surface area contributed by atoms with Gasteiger partial charge in [0.1, 0.15) is 0 Å². The number of aliphatic hydroxyl groups excluding tert-OH is 2. The summed E-state index contributed by atoms with van der Waals surface area (Å²) in [5.41, 5.74) is 2.00. The van der Waals surface area contributed by atoms with Crippen molar-refractivity contribution in [2.24, 2.45) is 0 Å². The van der Waals surface area contributed by atoms with Gasteiger partial charge in [-0.3, -0.25) is 4.79 Å². The highest BCUT2D eigenvalue weighted by atomic mass is 16.7. The predicted molar refractivity (Wildman–Crippen MR) is 70.2 cm³/mol. The number of hydrogen-bond acceptors (Lipinski definition) is 6. The molecule has 7 heteroatoms. The lowest BCUT2D eigenvalue weighted by Crippen LogP contribution is -2.35. The summed E-state index contributed by atoms with van der Waals surface area (Å²) in [4.78, 5) is 12.0. The summed E-state index contributed by atoms with van der Waals surface area (Å²) in [7, 11) is 0. The van der Waals surface area contributed by atoms with Crippen molar-refractivity contribution in [1.82, 2.24) is 0 Å². The third-order valence-electron chi connectivity index (χ3n) is 3.37. The van der Waals surface area contributed by atoms with E-state index in [0.29, 0.717) is 30.2 Å². The van der Waals surface area contributed by atoms with E-state index in [1.54, 1.807) is 18.2 Å². The first-order valence-electron chi connectivity index (χ1n) is 6.42. The average Bonchev–Trinajstić information content (AvgIpc) is 3.05. The van der Waals surface area contributed by atoms with E-state index < -0.39 is 11.9 Å². The number of carbonyl (C=O) groups excluding carboxylic acids is 1. The van der Waals surface area contributed by atoms with Crippen LogP contribution in [-0.4, -0.2) is 48.6 Å². The van der Waals surface area contributed by atoms with Gasteiger partial charge in [-0.2, -0.15) is 0 Å². The fraction of sp³-hybridized carbons (Fsp3) is 0.462. The molecule has 1 spiro atoms. The van der Waals surface area contributed by atoms with Crippen molar-refractivity contribution in [3.63, 3.8) is 0 Å². The number of amides is 1. The van der Waals surface area contributed by atoms with Crippen LogP contribution in [0.15, 0.2) is 18.2 Å². The Kier molecular flexibility index (Phi) is 3.35. The molecule has 1 aromatic rings. The van der Waals surface area contributed by atoms with Crippen molar-refractivity contribution in [2.45, 2.75) is 11.9 Å². The zero-order valence-electron chi connectivity index (χ0n) is 10.8. The molecule has 2 heterocycles. The lowest BCUT2D eigenvalue weighted by atomic mass is 10.1. The number of ether oxygens (including phenoxy) is 2. The number of fused-ring (bicyclic) bond motifs is 2. The minimum atomic E-state index is -1.34. The van der Waals surface area contributed by atoms with Crippen LogP contribution in [0.3, 0.4) is 0 Å². The van der Waals surface area contributed by atoms with Crippen LogP contribution in [0.4, 0.5) is 11.4 Å². The monoisotopic (exact) mass is 280 g/mol. The smallest absolute Gasteiger partial charge is 0.289 e. The quantitative estimate of drug-likeness (QED) is 0.599. The van der Waals surface area contributed by atoms with E-state index in [0.717, 1.165) is 0 Å². The molecule has 3 rings (SSSR count). The van der Waals surface area contributed by atoms with Crippen molar-refractivity contribution < 1.29 is 24.5 Å². The molecule has 0 radical (unpaired) electrons. The maximum atomic E-state index is 12.0. The predicted octanol–water partition coefficient (Wildman–Crippen LogP) is -0.397. The highest BCUT2D eigenvalue weighted by molar-refractivity contribution is 6.04. The molecule has 7 nitrogen and oxygen atoms in total. The number of nitrogens with one attached hydrogen (secondary N) is 2. The van der Waals surface area contributed by atoms with Gasteiger partial charge in [-0.1, -0.05) is 0 Å². The number of benzene rings is 1. The molecule has 0 aliphatic carbocycles. The topological polar surface area (TPSA) is 100 Å². The Morgan fingerprint density at radius 2 is 2.15 bits per heavy atom. The van der Waals surface area contributed by atoms with Gasteiger partial charge in [0, 0.05) is 17.8 Å². The fourth-order valence-corrected chi connectivity index (χ4v) is 2.36. The Morgan fingerprint density at radius 3 is 2.85 bits per heavy atom. The minimum absolute atomic E-state index is 0.214. The molecule has 1 fully saturated rings. The van der Waals surface area contributed by atoms with Gasteiger partial charge < -0.3 is 30.3 Å². The Labute approximate surface area is 115 Å². The lowest BCUT2D eigenvalue weighted by molar-refractivity contribution is -0.178. The molecule has 0 aromatic heterocycles. The SMILES string of the molecule is O=C1Nc2ccc(NCC(O)CO)cc2C12OCCO2. The van der Waals surface area contributed by atoms with Crippen LogP contribution in [0.5, 0.6) is 0 Å². The van der Waals surface area contributed by atoms with Crippen LogP contribution in [0.1, 0.15) is 5.56 Å². The van der Waals surface area contributed by atoms with Gasteiger partial charge >= 0.3 is 0 Å². The summed E-state index contributed by atoms with van der Waals surface area (Å²) in [6, 6.07) is 5.28. The Balaban J connectivity index is 1.85. The molecule has 4 N–H and O–H groups in total. The second kappa shape index (κ2) is 5.02. The number of carbonyl (C=O) groups is 1. The second-order valence-corrected chi connectivity index (χ2v) is 4.75. The maximum Gasteiger partial charge on any atom is 0.289 e. The van der Waals surface area contributed by atoms with Crippen molar-refractivity contribution in [3.05, 3.63) is 23.8 Å². The highest BCUT2D eigenvalue weighted by Crippen LogP contribution is 2.43. The van der Waals surface area contributed by atoms with Gasteiger partial charge in [-0.25, -0.2) is 0 Å². The number of aliphatic hydroxyl groups is 2. The second-order valence-electron chi connectivity index (χ2n) is 4.75. The Hall–Kier alpha value is -1.67. The fourth-order valence-electron chi connectivity index (χ4n) is 2.36. The minimum Gasteiger partial charge on any atom is -0.394 e. The molecular formula is C13H16N2O5. The van der Waals surface area contributed by atoms with Crippen molar-refractivity contribution in [1.29, 1.82) is 0 Å². The van der Waals surface area contributed by atoms with Gasteiger partial charge in [0.05, 0.1) is 31.6 Å². The van der Waals surface area contributed by atoms with Crippen LogP contribution in [0.25, 0.3) is 0 Å². The van der Waals surface area contributed by atoms with Crippen LogP contribution < -0.4 is 10.6 Å². The zero-order chi connectivity index (χ0) is 14.2. The third-order valence-corrected chi connectivity index (χ3v) is 3.37. The zero-order valence-corrected chi connectivity index (χ0v) is 10.8. The average molecular weight is 280 g/mol. The Morgan fingerprint density at radius 1 is 1.40 bits per heavy atom. The first-order chi connectivity index (χ1) is 9.65. The highest BCUT2D eigenvalue weighted by Gasteiger charge is 2.52. The summed E-state index contributed by atoms with van der Waals surface area (Å²) in [5.74, 6) is -1.67. The van der Waals surface area contributed by atoms with Crippen LogP contribution in [0.2, 0.25) is 0 Å². The van der Waals surface area contributed by atoms with E-state index >= 15 is 0 Å². The summed E-state index contributed by atoms with van der Waals surface area (Å²) in [6.45, 7) is 0.640. The normalized spacial score (nSPS) is 20.8. The standard InChI is InChI=1S/C13H16N2O5/c16-7-9(17)6-14-8-1-2-11-10(5-8)13(12(18)15-11)19-3-4-20-13/h1-2,5,9,14,16-17H,3-4,6-7H2,(H,15,18). The molecule has 20 heavy (non-hydrogen) atoms. The summed E-state index contributed by atoms with van der Waals surface area (Å²) >= 11 is 0. The summed E-state index contributed by atoms with van der Waals surface area (Å²) in [6.07, 6.45) is -0.837. The van der Waals surface area contributed by atoms with Crippen molar-refractivity contribution in [3.8, 4) is 0 Å². The van der Waals surface area contributed by atoms with E-state index in [1.807, 2.05) is 0 Å². The molecule has 1 saturated heterocycles. The van der Waals surface area contributed by atoms with Gasteiger partial charge in [0.25, 0.3) is 11.7 Å². The molecular weight excluding hydrogens is 264 g/mol. The maximum absolute atomic E-state index is 12.0. The van der Waals surface area contributed by atoms with E-state index in [4.69, 9.17) is 14.6 Å².